The first-order valence-electron chi connectivity index (χ1n) is 7.03. The quantitative estimate of drug-likeness (QED) is 0.568. The highest BCUT2D eigenvalue weighted by Crippen LogP contribution is 2.23. The molecule has 0 aliphatic carbocycles. The van der Waals surface area contributed by atoms with Gasteiger partial charge in [-0.15, -0.1) is 0 Å². The number of hydrogen-bond donors (Lipinski definition) is 3. The van der Waals surface area contributed by atoms with Gasteiger partial charge >= 0.3 is 0 Å². The molecule has 0 saturated carbocycles. The highest BCUT2D eigenvalue weighted by molar-refractivity contribution is 5.99. The summed E-state index contributed by atoms with van der Waals surface area (Å²) in [7, 11) is 0. The lowest BCUT2D eigenvalue weighted by Crippen LogP contribution is -2.42. The molecule has 3 rings (SSSR count). The number of nitrogens with two attached hydrogens (primary N) is 1. The van der Waals surface area contributed by atoms with Crippen molar-refractivity contribution < 1.29 is 9.90 Å². The molecule has 1 amide bonds. The number of hydrogen-bond acceptors (Lipinski definition) is 5. The summed E-state index contributed by atoms with van der Waals surface area (Å²) in [6.07, 6.45) is 1.10. The molecule has 0 spiro atoms. The largest absolute Gasteiger partial charge is 0.391 e. The Morgan fingerprint density at radius 3 is 3.00 bits per heavy atom. The average molecular weight is 286 g/mol. The molecule has 0 radical (unpaired) electrons. The maximum atomic E-state index is 12.5. The van der Waals surface area contributed by atoms with E-state index in [1.165, 1.54) is 0 Å². The second-order valence-corrected chi connectivity index (χ2v) is 5.26. The Kier molecular flexibility index (Phi) is 3.72. The SMILES string of the molecule is NNc1cc(C(=O)N2CCCC(O)C2)nc2ccccc12. The molecule has 1 saturated heterocycles. The van der Waals surface area contributed by atoms with E-state index in [1.54, 1.807) is 11.0 Å². The second kappa shape index (κ2) is 5.67. The van der Waals surface area contributed by atoms with Crippen molar-refractivity contribution >= 4 is 22.5 Å². The van der Waals surface area contributed by atoms with Gasteiger partial charge in [-0.05, 0) is 25.0 Å². The van der Waals surface area contributed by atoms with Gasteiger partial charge in [-0.25, -0.2) is 4.98 Å². The van der Waals surface area contributed by atoms with Crippen LogP contribution in [0.25, 0.3) is 10.9 Å². The number of hydrazine groups is 1. The first-order chi connectivity index (χ1) is 10.2. The molecule has 0 bridgehead atoms. The van der Waals surface area contributed by atoms with Crippen LogP contribution in [0.5, 0.6) is 0 Å². The number of likely N-dealkylation sites (tertiary alicyclic amines) is 1. The molecule has 110 valence electrons. The molecule has 6 heteroatoms. The van der Waals surface area contributed by atoms with Crippen molar-refractivity contribution in [3.63, 3.8) is 0 Å². The zero-order valence-corrected chi connectivity index (χ0v) is 11.6. The number of β-amino-alcohol motifs (C(OH)–C–C–N with tert-alkyl or cyclic N) is 1. The average Bonchev–Trinajstić information content (AvgIpc) is 2.53. The van der Waals surface area contributed by atoms with Crippen molar-refractivity contribution in [2.75, 3.05) is 18.5 Å². The summed E-state index contributed by atoms with van der Waals surface area (Å²) in [5, 5.41) is 10.6. The van der Waals surface area contributed by atoms with Crippen molar-refractivity contribution in [3.8, 4) is 0 Å². The molecule has 21 heavy (non-hydrogen) atoms. The second-order valence-electron chi connectivity index (χ2n) is 5.26. The van der Waals surface area contributed by atoms with Gasteiger partial charge in [0, 0.05) is 18.5 Å². The summed E-state index contributed by atoms with van der Waals surface area (Å²) in [4.78, 5) is 18.6. The van der Waals surface area contributed by atoms with Gasteiger partial charge in [-0.1, -0.05) is 18.2 Å². The standard InChI is InChI=1S/C15H18N4O2/c16-18-13-8-14(17-12-6-2-1-5-11(12)13)15(21)19-7-3-4-10(20)9-19/h1-2,5-6,8,10,20H,3-4,7,9,16H2,(H,17,18). The number of pyridine rings is 1. The van der Waals surface area contributed by atoms with E-state index in [2.05, 4.69) is 10.4 Å². The van der Waals surface area contributed by atoms with Crippen molar-refractivity contribution in [3.05, 3.63) is 36.0 Å². The van der Waals surface area contributed by atoms with Gasteiger partial charge < -0.3 is 15.4 Å². The molecule has 1 unspecified atom stereocenters. The topological polar surface area (TPSA) is 91.5 Å². The third-order valence-electron chi connectivity index (χ3n) is 3.77. The molecule has 4 N–H and O–H groups in total. The van der Waals surface area contributed by atoms with Crippen molar-refractivity contribution in [1.82, 2.24) is 9.88 Å². The van der Waals surface area contributed by atoms with Crippen LogP contribution in [0.3, 0.4) is 0 Å². The Morgan fingerprint density at radius 1 is 1.43 bits per heavy atom. The fourth-order valence-electron chi connectivity index (χ4n) is 2.71. The molecule has 1 aliphatic rings. The summed E-state index contributed by atoms with van der Waals surface area (Å²) in [5.41, 5.74) is 4.34. The highest BCUT2D eigenvalue weighted by Gasteiger charge is 2.24. The van der Waals surface area contributed by atoms with Crippen LogP contribution in [0.1, 0.15) is 23.3 Å². The van der Waals surface area contributed by atoms with Crippen molar-refractivity contribution in [2.45, 2.75) is 18.9 Å². The number of aliphatic hydroxyl groups excluding tert-OH is 1. The number of anilines is 1. The fourth-order valence-corrected chi connectivity index (χ4v) is 2.71. The third-order valence-corrected chi connectivity index (χ3v) is 3.77. The summed E-state index contributed by atoms with van der Waals surface area (Å²) in [5.74, 6) is 5.37. The molecule has 2 heterocycles. The van der Waals surface area contributed by atoms with E-state index in [0.717, 1.165) is 18.2 Å². The molecule has 1 aromatic carbocycles. The van der Waals surface area contributed by atoms with Crippen LogP contribution < -0.4 is 11.3 Å². The zero-order chi connectivity index (χ0) is 14.8. The van der Waals surface area contributed by atoms with E-state index in [1.807, 2.05) is 24.3 Å². The van der Waals surface area contributed by atoms with Crippen molar-refractivity contribution in [1.29, 1.82) is 0 Å². The predicted octanol–water partition coefficient (Wildman–Crippen LogP) is 1.12. The van der Waals surface area contributed by atoms with Crippen LogP contribution in [-0.2, 0) is 0 Å². The molecule has 2 aromatic rings. The molecule has 6 nitrogen and oxygen atoms in total. The van der Waals surface area contributed by atoms with Crippen LogP contribution in [-0.4, -0.2) is 40.1 Å². The third kappa shape index (κ3) is 2.68. The molecular weight excluding hydrogens is 268 g/mol. The van der Waals surface area contributed by atoms with Crippen LogP contribution in [0.4, 0.5) is 5.69 Å². The lowest BCUT2D eigenvalue weighted by molar-refractivity contribution is 0.0469. The Balaban J connectivity index is 1.98. The number of nitrogens with zero attached hydrogens (tertiary/aromatic N) is 2. The Bertz CT molecular complexity index is 674. The minimum Gasteiger partial charge on any atom is -0.391 e. The summed E-state index contributed by atoms with van der Waals surface area (Å²) < 4.78 is 0. The first kappa shape index (κ1) is 13.8. The van der Waals surface area contributed by atoms with Crippen LogP contribution >= 0.6 is 0 Å². The molecule has 1 fully saturated rings. The Morgan fingerprint density at radius 2 is 2.24 bits per heavy atom. The normalized spacial score (nSPS) is 18.8. The van der Waals surface area contributed by atoms with E-state index in [0.29, 0.717) is 30.0 Å². The summed E-state index contributed by atoms with van der Waals surface area (Å²) in [6, 6.07) is 9.17. The van der Waals surface area contributed by atoms with Gasteiger partial charge in [0.15, 0.2) is 0 Å². The summed E-state index contributed by atoms with van der Waals surface area (Å²) in [6.45, 7) is 1.01. The smallest absolute Gasteiger partial charge is 0.272 e. The summed E-state index contributed by atoms with van der Waals surface area (Å²) >= 11 is 0. The number of benzene rings is 1. The van der Waals surface area contributed by atoms with Crippen molar-refractivity contribution in [2.24, 2.45) is 5.84 Å². The van der Waals surface area contributed by atoms with Crippen LogP contribution in [0.15, 0.2) is 30.3 Å². The predicted molar refractivity (Wildman–Crippen MR) is 80.7 cm³/mol. The molecule has 1 aromatic heterocycles. The number of fused-ring (bicyclic) bond motifs is 1. The number of para-hydroxylation sites is 1. The van der Waals surface area contributed by atoms with Crippen LogP contribution in [0.2, 0.25) is 0 Å². The molecule has 1 aliphatic heterocycles. The van der Waals surface area contributed by atoms with E-state index in [9.17, 15) is 9.90 Å². The molecular formula is C15H18N4O2. The maximum absolute atomic E-state index is 12.5. The number of aliphatic hydroxyl groups is 1. The number of aromatic nitrogens is 1. The number of rotatable bonds is 2. The number of nitrogens with one attached hydrogen (secondary N) is 1. The number of carbonyl (C=O) groups excluding carboxylic acids is 1. The number of amides is 1. The number of nitrogen functional groups attached to an aromatic ring is 1. The minimum absolute atomic E-state index is 0.170. The van der Waals surface area contributed by atoms with Gasteiger partial charge in [0.2, 0.25) is 0 Å². The highest BCUT2D eigenvalue weighted by atomic mass is 16.3. The Labute approximate surface area is 122 Å². The Hall–Kier alpha value is -2.18. The van der Waals surface area contributed by atoms with E-state index in [4.69, 9.17) is 5.84 Å². The van der Waals surface area contributed by atoms with Gasteiger partial charge in [0.05, 0.1) is 17.3 Å². The van der Waals surface area contributed by atoms with Gasteiger partial charge in [-0.3, -0.25) is 10.6 Å². The van der Waals surface area contributed by atoms with Gasteiger partial charge in [0.25, 0.3) is 5.91 Å². The van der Waals surface area contributed by atoms with E-state index < -0.39 is 6.10 Å². The number of carbonyl (C=O) groups is 1. The lowest BCUT2D eigenvalue weighted by Gasteiger charge is -2.30. The van der Waals surface area contributed by atoms with E-state index >= 15 is 0 Å². The monoisotopic (exact) mass is 286 g/mol. The first-order valence-corrected chi connectivity index (χ1v) is 7.03. The van der Waals surface area contributed by atoms with E-state index in [-0.39, 0.29) is 5.91 Å². The maximum Gasteiger partial charge on any atom is 0.272 e. The minimum atomic E-state index is -0.449. The number of piperidine rings is 1. The zero-order valence-electron chi connectivity index (χ0n) is 11.6. The lowest BCUT2D eigenvalue weighted by atomic mass is 10.1. The van der Waals surface area contributed by atoms with Crippen LogP contribution in [0, 0.1) is 0 Å². The molecule has 1 atom stereocenters. The van der Waals surface area contributed by atoms with Gasteiger partial charge in [0.1, 0.15) is 5.69 Å². The van der Waals surface area contributed by atoms with Gasteiger partial charge in [-0.2, -0.15) is 0 Å². The fraction of sp³-hybridized carbons (Fsp3) is 0.333.